The summed E-state index contributed by atoms with van der Waals surface area (Å²) in [4.78, 5) is 11.2. The van der Waals surface area contributed by atoms with Crippen molar-refractivity contribution in [2.24, 2.45) is 0 Å². The van der Waals surface area contributed by atoms with Crippen molar-refractivity contribution in [3.63, 3.8) is 0 Å². The number of rotatable bonds is 8. The summed E-state index contributed by atoms with van der Waals surface area (Å²) in [5.41, 5.74) is 1.82. The molecule has 0 fully saturated rings. The van der Waals surface area contributed by atoms with Crippen molar-refractivity contribution in [3.05, 3.63) is 64.2 Å². The van der Waals surface area contributed by atoms with Gasteiger partial charge in [0.15, 0.2) is 6.10 Å². The SMILES string of the molecule is CCO[C@@H](Cc1ccc(OC/C=C(/C)C#CC2(Br)C=CC=C(Br)C2)cc1)C(=O)O. The molecule has 0 amide bonds. The molecule has 0 radical (unpaired) electrons. The fraction of sp³-hybridized carbons (Fsp3) is 0.348. The van der Waals surface area contributed by atoms with Crippen LogP contribution in [0.3, 0.4) is 0 Å². The van der Waals surface area contributed by atoms with Gasteiger partial charge in [0.25, 0.3) is 0 Å². The minimum Gasteiger partial charge on any atom is -0.490 e. The predicted octanol–water partition coefficient (Wildman–Crippen LogP) is 5.42. The molecular formula is C23H24Br2O4. The Morgan fingerprint density at radius 2 is 2.10 bits per heavy atom. The summed E-state index contributed by atoms with van der Waals surface area (Å²) in [6, 6.07) is 7.38. The van der Waals surface area contributed by atoms with E-state index in [1.165, 1.54) is 0 Å². The summed E-state index contributed by atoms with van der Waals surface area (Å²) >= 11 is 7.19. The van der Waals surface area contributed by atoms with Crippen LogP contribution in [0.25, 0.3) is 0 Å². The quantitative estimate of drug-likeness (QED) is 0.365. The van der Waals surface area contributed by atoms with Crippen LogP contribution in [0.1, 0.15) is 25.8 Å². The molecule has 6 heteroatoms. The zero-order valence-electron chi connectivity index (χ0n) is 16.5. The number of carboxylic acids is 1. The first-order chi connectivity index (χ1) is 13.8. The number of benzene rings is 1. The molecule has 1 aliphatic rings. The molecule has 1 N–H and O–H groups in total. The van der Waals surface area contributed by atoms with E-state index in [-0.39, 0.29) is 4.32 Å². The Morgan fingerprint density at radius 3 is 2.72 bits per heavy atom. The van der Waals surface area contributed by atoms with E-state index in [0.717, 1.165) is 27.8 Å². The number of hydrogen-bond donors (Lipinski definition) is 1. The molecule has 1 aromatic carbocycles. The van der Waals surface area contributed by atoms with E-state index in [0.29, 0.717) is 19.6 Å². The van der Waals surface area contributed by atoms with Crippen LogP contribution in [0.2, 0.25) is 0 Å². The Hall–Kier alpha value is -1.81. The second-order valence-electron chi connectivity index (χ2n) is 6.59. The zero-order valence-corrected chi connectivity index (χ0v) is 19.6. The number of alkyl halides is 1. The molecular weight excluding hydrogens is 500 g/mol. The lowest BCUT2D eigenvalue weighted by atomic mass is 10.0. The monoisotopic (exact) mass is 522 g/mol. The summed E-state index contributed by atoms with van der Waals surface area (Å²) in [5, 5.41) is 9.17. The van der Waals surface area contributed by atoms with Crippen LogP contribution < -0.4 is 4.74 Å². The normalized spacial score (nSPS) is 19.7. The molecule has 0 spiro atoms. The highest BCUT2D eigenvalue weighted by Crippen LogP contribution is 2.33. The Labute approximate surface area is 188 Å². The first kappa shape index (κ1) is 23.5. The third-order valence-corrected chi connectivity index (χ3v) is 5.45. The Kier molecular flexibility index (Phi) is 9.22. The Morgan fingerprint density at radius 1 is 1.38 bits per heavy atom. The molecule has 2 atom stereocenters. The second kappa shape index (κ2) is 11.4. The molecule has 29 heavy (non-hydrogen) atoms. The second-order valence-corrected chi connectivity index (χ2v) is 9.02. The largest absolute Gasteiger partial charge is 0.490 e. The summed E-state index contributed by atoms with van der Waals surface area (Å²) < 4.78 is 11.7. The van der Waals surface area contributed by atoms with Crippen LogP contribution >= 0.6 is 31.9 Å². The van der Waals surface area contributed by atoms with Gasteiger partial charge in [0.05, 0.1) is 0 Å². The molecule has 1 aliphatic carbocycles. The van der Waals surface area contributed by atoms with Crippen molar-refractivity contribution >= 4 is 37.8 Å². The Bertz CT molecular complexity index is 859. The highest BCUT2D eigenvalue weighted by molar-refractivity contribution is 9.12. The van der Waals surface area contributed by atoms with E-state index in [9.17, 15) is 4.79 Å². The lowest BCUT2D eigenvalue weighted by molar-refractivity contribution is -0.149. The van der Waals surface area contributed by atoms with E-state index < -0.39 is 12.1 Å². The molecule has 0 saturated carbocycles. The van der Waals surface area contributed by atoms with Crippen LogP contribution in [0.15, 0.2) is 58.6 Å². The number of aliphatic carboxylic acids is 1. The van der Waals surface area contributed by atoms with Crippen LogP contribution in [0.4, 0.5) is 0 Å². The van der Waals surface area contributed by atoms with Crippen LogP contribution in [-0.2, 0) is 16.0 Å². The molecule has 4 nitrogen and oxygen atoms in total. The fourth-order valence-corrected chi connectivity index (χ4v) is 4.15. The van der Waals surface area contributed by atoms with Gasteiger partial charge in [-0.2, -0.15) is 0 Å². The lowest BCUT2D eigenvalue weighted by Gasteiger charge is -2.19. The average Bonchev–Trinajstić information content (AvgIpc) is 2.67. The molecule has 0 saturated heterocycles. The predicted molar refractivity (Wildman–Crippen MR) is 123 cm³/mol. The first-order valence-electron chi connectivity index (χ1n) is 9.30. The standard InChI is InChI=1S/C23H24Br2O4/c1-3-28-21(22(26)27)15-18-6-8-20(9-7-18)29-14-11-17(2)10-13-23(25)12-4-5-19(24)16-23/h4-9,11-12,21H,3,14-16H2,1-2H3,(H,26,27)/b17-11-/t21-,23?/m0/s1. The van der Waals surface area contributed by atoms with Crippen molar-refractivity contribution in [2.75, 3.05) is 13.2 Å². The van der Waals surface area contributed by atoms with Gasteiger partial charge in [0, 0.05) is 19.4 Å². The third-order valence-electron chi connectivity index (χ3n) is 4.16. The summed E-state index contributed by atoms with van der Waals surface area (Å²) in [7, 11) is 0. The summed E-state index contributed by atoms with van der Waals surface area (Å²) in [6.07, 6.45) is 8.26. The van der Waals surface area contributed by atoms with Gasteiger partial charge in [-0.3, -0.25) is 0 Å². The highest BCUT2D eigenvalue weighted by Gasteiger charge is 2.23. The van der Waals surface area contributed by atoms with Crippen molar-refractivity contribution in [1.82, 2.24) is 0 Å². The van der Waals surface area contributed by atoms with E-state index in [2.05, 4.69) is 43.7 Å². The number of halogens is 2. The molecule has 2 rings (SSSR count). The Balaban J connectivity index is 1.87. The van der Waals surface area contributed by atoms with Gasteiger partial charge in [-0.05, 0) is 47.7 Å². The van der Waals surface area contributed by atoms with E-state index in [1.807, 2.05) is 55.5 Å². The first-order valence-corrected chi connectivity index (χ1v) is 10.9. The molecule has 0 aliphatic heterocycles. The van der Waals surface area contributed by atoms with Crippen molar-refractivity contribution in [1.29, 1.82) is 0 Å². The maximum Gasteiger partial charge on any atom is 0.333 e. The topological polar surface area (TPSA) is 55.8 Å². The third kappa shape index (κ3) is 8.22. The van der Waals surface area contributed by atoms with E-state index >= 15 is 0 Å². The van der Waals surface area contributed by atoms with Crippen LogP contribution in [-0.4, -0.2) is 34.7 Å². The van der Waals surface area contributed by atoms with Gasteiger partial charge in [-0.25, -0.2) is 4.79 Å². The van der Waals surface area contributed by atoms with Crippen molar-refractivity contribution < 1.29 is 19.4 Å². The summed E-state index contributed by atoms with van der Waals surface area (Å²) in [5.74, 6) is 6.18. The number of carboxylic acid groups (broad SMARTS) is 1. The zero-order chi connectivity index (χ0) is 21.3. The number of carbonyl (C=O) groups is 1. The van der Waals surface area contributed by atoms with E-state index in [1.54, 1.807) is 6.92 Å². The smallest absolute Gasteiger partial charge is 0.333 e. The molecule has 1 unspecified atom stereocenters. The maximum absolute atomic E-state index is 11.2. The molecule has 0 bridgehead atoms. The minimum atomic E-state index is -0.953. The van der Waals surface area contributed by atoms with Gasteiger partial charge in [0.2, 0.25) is 0 Å². The van der Waals surface area contributed by atoms with Gasteiger partial charge in [-0.1, -0.05) is 74.1 Å². The number of allylic oxidation sites excluding steroid dienone is 5. The molecule has 1 aromatic rings. The number of ether oxygens (including phenoxy) is 2. The number of hydrogen-bond acceptors (Lipinski definition) is 3. The van der Waals surface area contributed by atoms with Crippen LogP contribution in [0, 0.1) is 11.8 Å². The van der Waals surface area contributed by atoms with Crippen LogP contribution in [0.5, 0.6) is 5.75 Å². The van der Waals surface area contributed by atoms with Crippen molar-refractivity contribution in [2.45, 2.75) is 37.1 Å². The van der Waals surface area contributed by atoms with Gasteiger partial charge < -0.3 is 14.6 Å². The molecule has 0 heterocycles. The molecule has 154 valence electrons. The minimum absolute atomic E-state index is 0.325. The average molecular weight is 524 g/mol. The highest BCUT2D eigenvalue weighted by atomic mass is 79.9. The van der Waals surface area contributed by atoms with Gasteiger partial charge >= 0.3 is 5.97 Å². The summed E-state index contributed by atoms with van der Waals surface area (Å²) in [6.45, 7) is 4.51. The maximum atomic E-state index is 11.2. The van der Waals surface area contributed by atoms with Crippen molar-refractivity contribution in [3.8, 4) is 17.6 Å². The fourth-order valence-electron chi connectivity index (χ4n) is 2.63. The van der Waals surface area contributed by atoms with E-state index in [4.69, 9.17) is 14.6 Å². The van der Waals surface area contributed by atoms with Gasteiger partial charge in [-0.15, -0.1) is 0 Å². The lowest BCUT2D eigenvalue weighted by Crippen LogP contribution is -2.26. The molecule has 0 aromatic heterocycles. The van der Waals surface area contributed by atoms with Gasteiger partial charge in [0.1, 0.15) is 16.7 Å².